The Morgan fingerprint density at radius 3 is 1.75 bits per heavy atom. The molecule has 28 heavy (non-hydrogen) atoms. The molecule has 5 N–H and O–H groups in total. The molecule has 0 aromatic rings. The maximum Gasteiger partial charge on any atom is 0.244 e. The minimum atomic E-state index is -0.507. The third-order valence-corrected chi connectivity index (χ3v) is 3.45. The highest BCUT2D eigenvalue weighted by Gasteiger charge is 2.31. The lowest BCUT2D eigenvalue weighted by Gasteiger charge is -2.32. The summed E-state index contributed by atoms with van der Waals surface area (Å²) in [4.78, 5) is 32.9. The van der Waals surface area contributed by atoms with Crippen LogP contribution in [0.3, 0.4) is 0 Å². The number of hydrogen-bond donors (Lipinski definition) is 5. The Labute approximate surface area is 170 Å². The predicted molar refractivity (Wildman–Crippen MR) is 112 cm³/mol. The van der Waals surface area contributed by atoms with Crippen LogP contribution in [0.4, 0.5) is 0 Å². The maximum atomic E-state index is 11.9. The summed E-state index contributed by atoms with van der Waals surface area (Å²) in [5.41, 5.74) is 1.27. The third kappa shape index (κ3) is 17.9. The summed E-state index contributed by atoms with van der Waals surface area (Å²) in [6, 6.07) is -0.151. The van der Waals surface area contributed by atoms with Crippen LogP contribution < -0.4 is 16.1 Å². The van der Waals surface area contributed by atoms with E-state index in [1.54, 1.807) is 0 Å². The lowest BCUT2D eigenvalue weighted by Crippen LogP contribution is -2.54. The molecule has 2 atom stereocenters. The highest BCUT2D eigenvalue weighted by atomic mass is 16.5. The second kappa shape index (κ2) is 15.4. The van der Waals surface area contributed by atoms with E-state index in [0.29, 0.717) is 12.3 Å². The Balaban J connectivity index is -0.000000414. The van der Waals surface area contributed by atoms with Crippen molar-refractivity contribution in [1.29, 1.82) is 0 Å². The summed E-state index contributed by atoms with van der Waals surface area (Å²) in [6.45, 7) is 16.1. The second-order valence-electron chi connectivity index (χ2n) is 9.09. The monoisotopic (exact) mass is 405 g/mol. The number of likely N-dealkylation sites (N-methyl/N-ethyl adjacent to an activating group) is 1. The second-order valence-corrected chi connectivity index (χ2v) is 9.09. The average molecular weight is 406 g/mol. The van der Waals surface area contributed by atoms with Gasteiger partial charge in [-0.15, -0.1) is 0 Å². The molecule has 8 heteroatoms. The fraction of sp³-hybridized carbons (Fsp3) is 0.850. The largest absolute Gasteiger partial charge is 0.400 e. The van der Waals surface area contributed by atoms with E-state index in [2.05, 4.69) is 31.4 Å². The zero-order chi connectivity index (χ0) is 23.1. The van der Waals surface area contributed by atoms with E-state index in [1.165, 1.54) is 5.48 Å². The van der Waals surface area contributed by atoms with Crippen LogP contribution >= 0.6 is 0 Å². The van der Waals surface area contributed by atoms with Crippen molar-refractivity contribution in [2.45, 2.75) is 79.8 Å². The zero-order valence-electron chi connectivity index (χ0n) is 19.3. The molecule has 0 saturated carbocycles. The summed E-state index contributed by atoms with van der Waals surface area (Å²) in [5, 5.41) is 21.2. The van der Waals surface area contributed by atoms with E-state index in [-0.39, 0.29) is 35.2 Å². The molecule has 0 heterocycles. The first kappa shape index (κ1) is 31.2. The van der Waals surface area contributed by atoms with Gasteiger partial charge in [-0.05, 0) is 45.6 Å². The number of carbonyl (C=O) groups excluding carboxylic acids is 3. The van der Waals surface area contributed by atoms with Gasteiger partial charge < -0.3 is 20.5 Å². The first-order valence-electron chi connectivity index (χ1n) is 9.50. The number of carbonyl (C=O) groups is 3. The smallest absolute Gasteiger partial charge is 0.244 e. The van der Waals surface area contributed by atoms with E-state index < -0.39 is 5.91 Å². The summed E-state index contributed by atoms with van der Waals surface area (Å²) >= 11 is 0. The van der Waals surface area contributed by atoms with E-state index in [4.69, 9.17) is 10.3 Å². The van der Waals surface area contributed by atoms with E-state index in [1.807, 2.05) is 41.7 Å². The van der Waals surface area contributed by atoms with Crippen molar-refractivity contribution in [2.24, 2.45) is 17.3 Å². The van der Waals surface area contributed by atoms with Gasteiger partial charge in [0.15, 0.2) is 0 Å². The van der Waals surface area contributed by atoms with Crippen molar-refractivity contribution in [2.75, 3.05) is 14.2 Å². The highest BCUT2D eigenvalue weighted by molar-refractivity contribution is 5.83. The van der Waals surface area contributed by atoms with Gasteiger partial charge in [-0.1, -0.05) is 34.6 Å². The van der Waals surface area contributed by atoms with E-state index in [0.717, 1.165) is 13.4 Å². The van der Waals surface area contributed by atoms with Crippen molar-refractivity contribution in [3.8, 4) is 0 Å². The summed E-state index contributed by atoms with van der Waals surface area (Å²) in [7, 11) is 2.82. The summed E-state index contributed by atoms with van der Waals surface area (Å²) < 4.78 is 0. The van der Waals surface area contributed by atoms with Gasteiger partial charge >= 0.3 is 0 Å². The molecule has 0 aromatic carbocycles. The number of aliphatic hydroxyl groups excluding tert-OH is 1. The minimum absolute atomic E-state index is 0.0625. The number of aliphatic hydroxyl groups is 1. The molecular weight excluding hydrogens is 362 g/mol. The van der Waals surface area contributed by atoms with Crippen LogP contribution in [0.25, 0.3) is 0 Å². The van der Waals surface area contributed by atoms with Crippen LogP contribution in [-0.2, 0) is 14.4 Å². The number of nitrogens with one attached hydrogen (secondary N) is 3. The van der Waals surface area contributed by atoms with Crippen LogP contribution in [0.2, 0.25) is 0 Å². The van der Waals surface area contributed by atoms with Gasteiger partial charge in [-0.25, -0.2) is 5.48 Å². The third-order valence-electron chi connectivity index (χ3n) is 3.45. The zero-order valence-corrected chi connectivity index (χ0v) is 19.3. The highest BCUT2D eigenvalue weighted by Crippen LogP contribution is 2.19. The SMILES string of the molecule is CC(C)CC(C=O)CC(=O)NO.CNC(C(=O)NC(C)(C)C)C(C)(C)C.CO. The van der Waals surface area contributed by atoms with Crippen LogP contribution in [0.1, 0.15) is 68.2 Å². The Hall–Kier alpha value is -1.51. The summed E-state index contributed by atoms with van der Waals surface area (Å²) in [6.07, 6.45) is 1.50. The van der Waals surface area contributed by atoms with Gasteiger partial charge in [-0.2, -0.15) is 0 Å². The van der Waals surface area contributed by atoms with Gasteiger partial charge in [0.1, 0.15) is 6.29 Å². The molecule has 2 unspecified atom stereocenters. The number of hydrogen-bond acceptors (Lipinski definition) is 6. The normalized spacial score (nSPS) is 13.2. The predicted octanol–water partition coefficient (Wildman–Crippen LogP) is 1.89. The van der Waals surface area contributed by atoms with Crippen LogP contribution in [0.5, 0.6) is 0 Å². The molecule has 168 valence electrons. The molecule has 2 amide bonds. The van der Waals surface area contributed by atoms with Gasteiger partial charge in [0, 0.05) is 25.0 Å². The molecule has 0 spiro atoms. The molecule has 8 nitrogen and oxygen atoms in total. The average Bonchev–Trinajstić information content (AvgIpc) is 2.53. The van der Waals surface area contributed by atoms with Crippen LogP contribution in [-0.4, -0.2) is 54.2 Å². The van der Waals surface area contributed by atoms with Crippen molar-refractivity contribution >= 4 is 18.1 Å². The molecule has 0 saturated heterocycles. The Bertz CT molecular complexity index is 440. The minimum Gasteiger partial charge on any atom is -0.400 e. The Morgan fingerprint density at radius 2 is 1.50 bits per heavy atom. The van der Waals surface area contributed by atoms with Gasteiger partial charge in [-0.3, -0.25) is 14.8 Å². The standard InChI is InChI=1S/C11H24N2O.C8H15NO3.CH4O/c1-10(2,3)8(12-7)9(14)13-11(4,5)6;1-6(2)3-7(5-10)4-8(11)9-12;1-2/h8,12H,1-7H3,(H,13,14);5-7,12H,3-4H2,1-2H3,(H,9,11);2H,1H3. The number of amides is 2. The lowest BCUT2D eigenvalue weighted by atomic mass is 9.86. The Morgan fingerprint density at radius 1 is 1.04 bits per heavy atom. The van der Waals surface area contributed by atoms with Gasteiger partial charge in [0.2, 0.25) is 11.8 Å². The Kier molecular flexibility index (Phi) is 17.2. The molecule has 0 rings (SSSR count). The molecular formula is C20H43N3O5. The number of aldehydes is 1. The maximum absolute atomic E-state index is 11.9. The van der Waals surface area contributed by atoms with E-state index >= 15 is 0 Å². The fourth-order valence-electron chi connectivity index (χ4n) is 2.48. The molecule has 0 aliphatic heterocycles. The van der Waals surface area contributed by atoms with Crippen molar-refractivity contribution < 1.29 is 24.7 Å². The first-order valence-corrected chi connectivity index (χ1v) is 9.50. The van der Waals surface area contributed by atoms with Crippen LogP contribution in [0.15, 0.2) is 0 Å². The molecule has 0 radical (unpaired) electrons. The van der Waals surface area contributed by atoms with E-state index in [9.17, 15) is 14.4 Å². The van der Waals surface area contributed by atoms with Crippen molar-refractivity contribution in [3.63, 3.8) is 0 Å². The van der Waals surface area contributed by atoms with Crippen molar-refractivity contribution in [3.05, 3.63) is 0 Å². The number of hydroxylamine groups is 1. The quantitative estimate of drug-likeness (QED) is 0.250. The molecule has 0 fully saturated rings. The van der Waals surface area contributed by atoms with Gasteiger partial charge in [0.05, 0.1) is 6.04 Å². The molecule has 0 aromatic heterocycles. The van der Waals surface area contributed by atoms with Crippen LogP contribution in [0, 0.1) is 17.3 Å². The number of rotatable bonds is 7. The lowest BCUT2D eigenvalue weighted by molar-refractivity contribution is -0.131. The fourth-order valence-corrected chi connectivity index (χ4v) is 2.48. The van der Waals surface area contributed by atoms with Gasteiger partial charge in [0.25, 0.3) is 0 Å². The first-order chi connectivity index (χ1) is 12.7. The van der Waals surface area contributed by atoms with Crippen molar-refractivity contribution in [1.82, 2.24) is 16.1 Å². The summed E-state index contributed by atoms with van der Waals surface area (Å²) in [5.74, 6) is -0.343. The molecule has 0 aliphatic carbocycles. The molecule has 0 aliphatic rings. The molecule has 0 bridgehead atoms. The topological polar surface area (TPSA) is 128 Å².